The average Bonchev–Trinajstić information content (AvgIpc) is 2.87. The number of benzene rings is 2. The standard InChI is InChI=1S/C27H26Cl2N6O/c1-3-11-35-17-21(24-22(28)5-4-6-23(24)29)25(36)20-16-30-27(32-26(20)35)31-18-7-9-19(10-8-18)34-14-12-33(2)13-15-34/h3-10,16-17H,1,11-15H2,2H3,(H,30,31,32). The first kappa shape index (κ1) is 24.3. The Morgan fingerprint density at radius 1 is 1.06 bits per heavy atom. The summed E-state index contributed by atoms with van der Waals surface area (Å²) < 4.78 is 1.85. The number of hydrogen-bond acceptors (Lipinski definition) is 6. The molecule has 3 heterocycles. The van der Waals surface area contributed by atoms with Crippen LogP contribution in [-0.2, 0) is 6.54 Å². The van der Waals surface area contributed by atoms with Gasteiger partial charge in [-0.25, -0.2) is 4.98 Å². The molecule has 1 fully saturated rings. The average molecular weight is 521 g/mol. The summed E-state index contributed by atoms with van der Waals surface area (Å²) in [5.74, 6) is 0.399. The van der Waals surface area contributed by atoms with Crippen molar-refractivity contribution in [3.63, 3.8) is 0 Å². The zero-order valence-electron chi connectivity index (χ0n) is 19.9. The third-order valence-electron chi connectivity index (χ3n) is 6.36. The molecule has 9 heteroatoms. The number of piperazine rings is 1. The lowest BCUT2D eigenvalue weighted by molar-refractivity contribution is 0.313. The summed E-state index contributed by atoms with van der Waals surface area (Å²) in [5, 5.41) is 4.44. The van der Waals surface area contributed by atoms with E-state index in [9.17, 15) is 4.79 Å². The van der Waals surface area contributed by atoms with E-state index < -0.39 is 0 Å². The highest BCUT2D eigenvalue weighted by Gasteiger charge is 2.18. The van der Waals surface area contributed by atoms with Gasteiger partial charge in [-0.1, -0.05) is 35.3 Å². The SMILES string of the molecule is C=CCn1cc(-c2c(Cl)cccc2Cl)c(=O)c2cnc(Nc3ccc(N4CCN(C)CC4)cc3)nc21. The van der Waals surface area contributed by atoms with Crippen LogP contribution in [0, 0.1) is 0 Å². The molecule has 0 spiro atoms. The van der Waals surface area contributed by atoms with E-state index in [0.717, 1.165) is 31.9 Å². The molecule has 2 aromatic heterocycles. The van der Waals surface area contributed by atoms with Crippen molar-refractivity contribution in [3.8, 4) is 11.1 Å². The van der Waals surface area contributed by atoms with Gasteiger partial charge >= 0.3 is 0 Å². The molecule has 0 aliphatic carbocycles. The van der Waals surface area contributed by atoms with Crippen LogP contribution in [0.25, 0.3) is 22.2 Å². The van der Waals surface area contributed by atoms with Gasteiger partial charge in [0.15, 0.2) is 0 Å². The Balaban J connectivity index is 1.47. The number of allylic oxidation sites excluding steroid dienone is 1. The van der Waals surface area contributed by atoms with Gasteiger partial charge in [0.2, 0.25) is 11.4 Å². The fraction of sp³-hybridized carbons (Fsp3) is 0.222. The van der Waals surface area contributed by atoms with Crippen LogP contribution in [-0.4, -0.2) is 52.7 Å². The van der Waals surface area contributed by atoms with E-state index in [0.29, 0.717) is 44.7 Å². The minimum atomic E-state index is -0.233. The summed E-state index contributed by atoms with van der Waals surface area (Å²) >= 11 is 12.8. The molecule has 36 heavy (non-hydrogen) atoms. The van der Waals surface area contributed by atoms with Crippen molar-refractivity contribution in [1.29, 1.82) is 0 Å². The molecule has 0 radical (unpaired) electrons. The summed E-state index contributed by atoms with van der Waals surface area (Å²) in [6.07, 6.45) is 5.01. The number of likely N-dealkylation sites (N-methyl/N-ethyl adjacent to an activating group) is 1. The lowest BCUT2D eigenvalue weighted by Crippen LogP contribution is -2.44. The van der Waals surface area contributed by atoms with E-state index in [-0.39, 0.29) is 5.43 Å². The number of fused-ring (bicyclic) bond motifs is 1. The van der Waals surface area contributed by atoms with Gasteiger partial charge in [-0.05, 0) is 43.4 Å². The van der Waals surface area contributed by atoms with Crippen molar-refractivity contribution in [3.05, 3.63) is 87.8 Å². The van der Waals surface area contributed by atoms with Crippen molar-refractivity contribution in [2.45, 2.75) is 6.54 Å². The van der Waals surface area contributed by atoms with E-state index >= 15 is 0 Å². The number of rotatable bonds is 6. The van der Waals surface area contributed by atoms with E-state index in [4.69, 9.17) is 23.2 Å². The topological polar surface area (TPSA) is 66.3 Å². The Bertz CT molecular complexity index is 1460. The Morgan fingerprint density at radius 3 is 2.42 bits per heavy atom. The van der Waals surface area contributed by atoms with E-state index in [1.54, 1.807) is 36.7 Å². The molecule has 184 valence electrons. The van der Waals surface area contributed by atoms with Gasteiger partial charge in [-0.2, -0.15) is 4.98 Å². The lowest BCUT2D eigenvalue weighted by Gasteiger charge is -2.34. The van der Waals surface area contributed by atoms with Crippen LogP contribution in [0.3, 0.4) is 0 Å². The summed E-state index contributed by atoms with van der Waals surface area (Å²) in [6, 6.07) is 13.4. The molecule has 7 nitrogen and oxygen atoms in total. The summed E-state index contributed by atoms with van der Waals surface area (Å²) in [5.41, 5.74) is 3.21. The summed E-state index contributed by atoms with van der Waals surface area (Å²) in [7, 11) is 2.15. The fourth-order valence-electron chi connectivity index (χ4n) is 4.39. The van der Waals surface area contributed by atoms with Crippen LogP contribution in [0.4, 0.5) is 17.3 Å². The fourth-order valence-corrected chi connectivity index (χ4v) is 4.99. The van der Waals surface area contributed by atoms with Crippen molar-refractivity contribution in [2.24, 2.45) is 0 Å². The predicted octanol–water partition coefficient (Wildman–Crippen LogP) is 5.45. The number of nitrogens with one attached hydrogen (secondary N) is 1. The van der Waals surface area contributed by atoms with Crippen molar-refractivity contribution >= 4 is 51.6 Å². The third kappa shape index (κ3) is 4.82. The van der Waals surface area contributed by atoms with Crippen LogP contribution in [0.2, 0.25) is 10.0 Å². The maximum absolute atomic E-state index is 13.4. The van der Waals surface area contributed by atoms with Gasteiger partial charge in [-0.3, -0.25) is 4.79 Å². The van der Waals surface area contributed by atoms with Crippen LogP contribution in [0.1, 0.15) is 0 Å². The van der Waals surface area contributed by atoms with Gasteiger partial charge in [0, 0.05) is 67.6 Å². The minimum Gasteiger partial charge on any atom is -0.369 e. The quantitative estimate of drug-likeness (QED) is 0.341. The normalized spacial score (nSPS) is 14.2. The zero-order chi connectivity index (χ0) is 25.2. The van der Waals surface area contributed by atoms with Gasteiger partial charge < -0.3 is 19.7 Å². The molecular formula is C27H26Cl2N6O. The molecule has 1 aliphatic heterocycles. The zero-order valence-corrected chi connectivity index (χ0v) is 21.4. The van der Waals surface area contributed by atoms with Crippen LogP contribution in [0.15, 0.2) is 72.3 Å². The number of halogens is 2. The van der Waals surface area contributed by atoms with Gasteiger partial charge in [0.25, 0.3) is 0 Å². The molecule has 0 bridgehead atoms. The molecule has 1 N–H and O–H groups in total. The molecule has 5 rings (SSSR count). The summed E-state index contributed by atoms with van der Waals surface area (Å²) in [6.45, 7) is 8.43. The van der Waals surface area contributed by atoms with Crippen LogP contribution in [0.5, 0.6) is 0 Å². The first-order valence-corrected chi connectivity index (χ1v) is 12.5. The molecule has 0 atom stereocenters. The molecule has 0 saturated carbocycles. The van der Waals surface area contributed by atoms with Crippen molar-refractivity contribution in [1.82, 2.24) is 19.4 Å². The van der Waals surface area contributed by atoms with E-state index in [2.05, 4.69) is 50.8 Å². The number of pyridine rings is 1. The maximum atomic E-state index is 13.4. The second-order valence-corrected chi connectivity index (χ2v) is 9.62. The number of hydrogen-bond donors (Lipinski definition) is 1. The lowest BCUT2D eigenvalue weighted by atomic mass is 10.1. The highest BCUT2D eigenvalue weighted by Crippen LogP contribution is 2.33. The van der Waals surface area contributed by atoms with Crippen molar-refractivity contribution in [2.75, 3.05) is 43.4 Å². The maximum Gasteiger partial charge on any atom is 0.229 e. The molecule has 0 unspecified atom stereocenters. The molecule has 0 amide bonds. The minimum absolute atomic E-state index is 0.233. The number of nitrogens with zero attached hydrogens (tertiary/aromatic N) is 5. The predicted molar refractivity (Wildman–Crippen MR) is 149 cm³/mol. The Hall–Kier alpha value is -3.39. The Labute approximate surface area is 219 Å². The molecule has 1 aliphatic rings. The Morgan fingerprint density at radius 2 is 1.75 bits per heavy atom. The van der Waals surface area contributed by atoms with Gasteiger partial charge in [-0.15, -0.1) is 6.58 Å². The Kier molecular flexibility index (Phi) is 6.96. The van der Waals surface area contributed by atoms with Crippen molar-refractivity contribution < 1.29 is 0 Å². The van der Waals surface area contributed by atoms with Gasteiger partial charge in [0.05, 0.1) is 15.4 Å². The third-order valence-corrected chi connectivity index (χ3v) is 6.99. The molecule has 2 aromatic carbocycles. The van der Waals surface area contributed by atoms with Crippen LogP contribution < -0.4 is 15.6 Å². The second kappa shape index (κ2) is 10.3. The summed E-state index contributed by atoms with van der Waals surface area (Å²) in [4.78, 5) is 27.2. The second-order valence-electron chi connectivity index (χ2n) is 8.80. The largest absolute Gasteiger partial charge is 0.369 e. The van der Waals surface area contributed by atoms with Gasteiger partial charge in [0.1, 0.15) is 5.65 Å². The first-order valence-electron chi connectivity index (χ1n) is 11.7. The number of aromatic nitrogens is 3. The first-order chi connectivity index (χ1) is 17.4. The molecule has 4 aromatic rings. The molecular weight excluding hydrogens is 495 g/mol. The smallest absolute Gasteiger partial charge is 0.229 e. The monoisotopic (exact) mass is 520 g/mol. The highest BCUT2D eigenvalue weighted by atomic mass is 35.5. The van der Waals surface area contributed by atoms with E-state index in [1.165, 1.54) is 5.69 Å². The molecule has 1 saturated heterocycles. The van der Waals surface area contributed by atoms with Crippen LogP contribution >= 0.6 is 23.2 Å². The highest BCUT2D eigenvalue weighted by molar-refractivity contribution is 6.39. The number of anilines is 3. The van der Waals surface area contributed by atoms with E-state index in [1.807, 2.05) is 16.7 Å².